The molecule has 2 bridgehead atoms. The van der Waals surface area contributed by atoms with Crippen LogP contribution in [-0.4, -0.2) is 43.6 Å². The third kappa shape index (κ3) is 3.16. The summed E-state index contributed by atoms with van der Waals surface area (Å²) in [5, 5.41) is 4.14. The van der Waals surface area contributed by atoms with E-state index in [0.29, 0.717) is 11.7 Å². The van der Waals surface area contributed by atoms with Crippen LogP contribution in [0.2, 0.25) is 0 Å². The second-order valence-electron chi connectivity index (χ2n) is 7.81. The molecule has 5 heteroatoms. The first-order valence-corrected chi connectivity index (χ1v) is 9.91. The van der Waals surface area contributed by atoms with E-state index in [-0.39, 0.29) is 11.9 Å². The standard InChI is InChI=1S/C23H24N2O3/c1-27-19-6-4-15(5-7-19)17-2-3-18-13-22(28-21(18)12-17)23(26)24-20-14-25-10-8-16(20)9-11-25/h2-7,12-13,16,20H,8-11,14H2,1H3,(H,24,26). The van der Waals surface area contributed by atoms with Gasteiger partial charge in [0.1, 0.15) is 11.3 Å². The Morgan fingerprint density at radius 3 is 2.50 bits per heavy atom. The van der Waals surface area contributed by atoms with E-state index in [2.05, 4.69) is 16.3 Å². The first-order valence-electron chi connectivity index (χ1n) is 9.91. The number of nitrogens with one attached hydrogen (secondary N) is 1. The Kier molecular flexibility index (Phi) is 4.32. The van der Waals surface area contributed by atoms with Crippen LogP contribution in [0.3, 0.4) is 0 Å². The average molecular weight is 376 g/mol. The van der Waals surface area contributed by atoms with Crippen LogP contribution in [0, 0.1) is 5.92 Å². The van der Waals surface area contributed by atoms with E-state index < -0.39 is 0 Å². The van der Waals surface area contributed by atoms with Crippen LogP contribution in [0.5, 0.6) is 5.75 Å². The van der Waals surface area contributed by atoms with Crippen molar-refractivity contribution in [2.75, 3.05) is 26.7 Å². The molecule has 1 N–H and O–H groups in total. The average Bonchev–Trinajstić information content (AvgIpc) is 3.18. The molecule has 0 aliphatic carbocycles. The van der Waals surface area contributed by atoms with Crippen molar-refractivity contribution in [1.29, 1.82) is 0 Å². The SMILES string of the molecule is COc1ccc(-c2ccc3cc(C(=O)NC4CN5CCC4CC5)oc3c2)cc1. The molecule has 1 atom stereocenters. The number of piperidine rings is 3. The van der Waals surface area contributed by atoms with Gasteiger partial charge in [-0.3, -0.25) is 4.79 Å². The van der Waals surface area contributed by atoms with Crippen LogP contribution >= 0.6 is 0 Å². The van der Waals surface area contributed by atoms with Gasteiger partial charge in [-0.25, -0.2) is 0 Å². The lowest BCUT2D eigenvalue weighted by Gasteiger charge is -2.44. The van der Waals surface area contributed by atoms with Crippen LogP contribution in [0.25, 0.3) is 22.1 Å². The Labute approximate surface area is 164 Å². The van der Waals surface area contributed by atoms with Crippen LogP contribution < -0.4 is 10.1 Å². The fraction of sp³-hybridized carbons (Fsp3) is 0.348. The third-order valence-corrected chi connectivity index (χ3v) is 6.14. The van der Waals surface area contributed by atoms with Gasteiger partial charge < -0.3 is 19.4 Å². The van der Waals surface area contributed by atoms with Gasteiger partial charge in [-0.15, -0.1) is 0 Å². The van der Waals surface area contributed by atoms with E-state index in [0.717, 1.165) is 47.5 Å². The molecule has 6 rings (SSSR count). The minimum atomic E-state index is -0.110. The van der Waals surface area contributed by atoms with Gasteiger partial charge in [0.2, 0.25) is 0 Å². The van der Waals surface area contributed by atoms with Gasteiger partial charge in [-0.05, 0) is 67.2 Å². The highest BCUT2D eigenvalue weighted by atomic mass is 16.5. The summed E-state index contributed by atoms with van der Waals surface area (Å²) in [5.41, 5.74) is 2.86. The number of amides is 1. The summed E-state index contributed by atoms with van der Waals surface area (Å²) < 4.78 is 11.1. The Morgan fingerprint density at radius 2 is 1.82 bits per heavy atom. The van der Waals surface area contributed by atoms with Crippen LogP contribution in [-0.2, 0) is 0 Å². The van der Waals surface area contributed by atoms with Gasteiger partial charge in [0.05, 0.1) is 7.11 Å². The van der Waals surface area contributed by atoms with Crippen molar-refractivity contribution in [2.24, 2.45) is 5.92 Å². The van der Waals surface area contributed by atoms with Gasteiger partial charge in [0.25, 0.3) is 5.91 Å². The van der Waals surface area contributed by atoms with Crippen molar-refractivity contribution in [3.63, 3.8) is 0 Å². The number of benzene rings is 2. The first-order chi connectivity index (χ1) is 13.7. The zero-order chi connectivity index (χ0) is 19.1. The summed E-state index contributed by atoms with van der Waals surface area (Å²) in [6.45, 7) is 3.28. The molecule has 3 fully saturated rings. The molecule has 0 saturated carbocycles. The Bertz CT molecular complexity index is 1000. The maximum Gasteiger partial charge on any atom is 0.287 e. The smallest absolute Gasteiger partial charge is 0.287 e. The molecule has 144 valence electrons. The zero-order valence-corrected chi connectivity index (χ0v) is 16.0. The lowest BCUT2D eigenvalue weighted by atomic mass is 9.84. The van der Waals surface area contributed by atoms with Gasteiger partial charge in [0.15, 0.2) is 5.76 Å². The number of nitrogens with zero attached hydrogens (tertiary/aromatic N) is 1. The molecule has 0 radical (unpaired) electrons. The second kappa shape index (κ2) is 6.99. The maximum atomic E-state index is 12.7. The fourth-order valence-corrected chi connectivity index (χ4v) is 4.47. The van der Waals surface area contributed by atoms with E-state index in [9.17, 15) is 4.79 Å². The largest absolute Gasteiger partial charge is 0.497 e. The number of ether oxygens (including phenoxy) is 1. The normalized spacial score (nSPS) is 23.7. The van der Waals surface area contributed by atoms with Crippen LogP contribution in [0.15, 0.2) is 52.9 Å². The van der Waals surface area contributed by atoms with Gasteiger partial charge in [0, 0.05) is 18.0 Å². The van der Waals surface area contributed by atoms with Gasteiger partial charge >= 0.3 is 0 Å². The zero-order valence-electron chi connectivity index (χ0n) is 16.0. The fourth-order valence-electron chi connectivity index (χ4n) is 4.47. The summed E-state index contributed by atoms with van der Waals surface area (Å²) in [6, 6.07) is 16.0. The molecule has 3 aliphatic rings. The molecular weight excluding hydrogens is 352 g/mol. The van der Waals surface area contributed by atoms with Gasteiger partial charge in [-0.1, -0.05) is 24.3 Å². The molecule has 28 heavy (non-hydrogen) atoms. The number of fused-ring (bicyclic) bond motifs is 4. The van der Waals surface area contributed by atoms with E-state index in [1.165, 1.54) is 12.8 Å². The summed E-state index contributed by atoms with van der Waals surface area (Å²) in [6.07, 6.45) is 2.35. The molecule has 0 spiro atoms. The number of rotatable bonds is 4. The number of carbonyl (C=O) groups excluding carboxylic acids is 1. The lowest BCUT2D eigenvalue weighted by Crippen LogP contribution is -2.57. The molecule has 4 heterocycles. The summed E-state index contributed by atoms with van der Waals surface area (Å²) in [5.74, 6) is 1.70. The minimum absolute atomic E-state index is 0.110. The van der Waals surface area contributed by atoms with Crippen molar-refractivity contribution in [3.05, 3.63) is 54.3 Å². The number of hydrogen-bond acceptors (Lipinski definition) is 4. The Morgan fingerprint density at radius 1 is 1.07 bits per heavy atom. The molecule has 1 aromatic heterocycles. The van der Waals surface area contributed by atoms with Crippen molar-refractivity contribution >= 4 is 16.9 Å². The highest BCUT2D eigenvalue weighted by Gasteiger charge is 2.35. The molecule has 2 aromatic carbocycles. The monoisotopic (exact) mass is 376 g/mol. The maximum absolute atomic E-state index is 12.7. The minimum Gasteiger partial charge on any atom is -0.497 e. The van der Waals surface area contributed by atoms with E-state index >= 15 is 0 Å². The van der Waals surface area contributed by atoms with Crippen molar-refractivity contribution < 1.29 is 13.9 Å². The Balaban J connectivity index is 1.36. The second-order valence-corrected chi connectivity index (χ2v) is 7.81. The molecular formula is C23H24N2O3. The topological polar surface area (TPSA) is 54.7 Å². The Hall–Kier alpha value is -2.79. The molecule has 3 aromatic rings. The van der Waals surface area contributed by atoms with Crippen molar-refractivity contribution in [1.82, 2.24) is 10.2 Å². The lowest BCUT2D eigenvalue weighted by molar-refractivity contribution is 0.0607. The number of furan rings is 1. The van der Waals surface area contributed by atoms with Gasteiger partial charge in [-0.2, -0.15) is 0 Å². The molecule has 3 aliphatic heterocycles. The predicted molar refractivity (Wildman–Crippen MR) is 109 cm³/mol. The van der Waals surface area contributed by atoms with E-state index in [1.54, 1.807) is 7.11 Å². The third-order valence-electron chi connectivity index (χ3n) is 6.14. The van der Waals surface area contributed by atoms with Crippen molar-refractivity contribution in [2.45, 2.75) is 18.9 Å². The quantitative estimate of drug-likeness (QED) is 0.750. The summed E-state index contributed by atoms with van der Waals surface area (Å²) in [4.78, 5) is 15.2. The first kappa shape index (κ1) is 17.3. The number of methoxy groups -OCH3 is 1. The van der Waals surface area contributed by atoms with Crippen LogP contribution in [0.4, 0.5) is 0 Å². The molecule has 1 amide bonds. The number of hydrogen-bond donors (Lipinski definition) is 1. The molecule has 1 unspecified atom stereocenters. The highest BCUT2D eigenvalue weighted by Crippen LogP contribution is 2.30. The summed E-state index contributed by atoms with van der Waals surface area (Å²) in [7, 11) is 1.66. The van der Waals surface area contributed by atoms with Crippen molar-refractivity contribution in [3.8, 4) is 16.9 Å². The van der Waals surface area contributed by atoms with E-state index in [4.69, 9.17) is 9.15 Å². The highest BCUT2D eigenvalue weighted by molar-refractivity contribution is 5.97. The molecule has 3 saturated heterocycles. The van der Waals surface area contributed by atoms with E-state index in [1.807, 2.05) is 42.5 Å². The number of carbonyl (C=O) groups is 1. The molecule has 5 nitrogen and oxygen atoms in total. The summed E-state index contributed by atoms with van der Waals surface area (Å²) >= 11 is 0. The van der Waals surface area contributed by atoms with Crippen LogP contribution in [0.1, 0.15) is 23.4 Å². The predicted octanol–water partition coefficient (Wildman–Crippen LogP) is 3.93.